The summed E-state index contributed by atoms with van der Waals surface area (Å²) in [6.07, 6.45) is 0. The first-order valence-electron chi connectivity index (χ1n) is 5.31. The summed E-state index contributed by atoms with van der Waals surface area (Å²) in [5, 5.41) is 1.63. The summed E-state index contributed by atoms with van der Waals surface area (Å²) in [5.74, 6) is 0. The maximum Gasteiger partial charge on any atom is 0.280 e. The number of anilines is 1. The Hall–Kier alpha value is -0.890. The van der Waals surface area contributed by atoms with Gasteiger partial charge in [0.2, 0.25) is 0 Å². The second-order valence-corrected chi connectivity index (χ2v) is 4.77. The van der Waals surface area contributed by atoms with Crippen molar-refractivity contribution in [3.8, 4) is 0 Å². The van der Waals surface area contributed by atoms with Gasteiger partial charge in [0.1, 0.15) is 0 Å². The fourth-order valence-electron chi connectivity index (χ4n) is 0.828. The van der Waals surface area contributed by atoms with Gasteiger partial charge in [0.15, 0.2) is 0 Å². The van der Waals surface area contributed by atoms with Crippen LogP contribution in [0.3, 0.4) is 0 Å². The number of hydrogen-bond acceptors (Lipinski definition) is 3. The molecule has 0 heterocycles. The number of aryl methyl sites for hydroxylation is 1. The van der Waals surface area contributed by atoms with Crippen molar-refractivity contribution in [2.75, 3.05) is 26.5 Å². The SMILES string of the molecule is CN(C)C.Cc1ccccc1NC(=O)S.Cl.NC(=O)S. The quantitative estimate of drug-likeness (QED) is 0.594. The van der Waals surface area contributed by atoms with Gasteiger partial charge in [-0.05, 0) is 39.7 Å². The topological polar surface area (TPSA) is 75.4 Å². The van der Waals surface area contributed by atoms with Gasteiger partial charge in [-0.15, -0.1) is 12.4 Å². The Morgan fingerprint density at radius 2 is 1.50 bits per heavy atom. The van der Waals surface area contributed by atoms with E-state index >= 15 is 0 Å². The van der Waals surface area contributed by atoms with E-state index < -0.39 is 5.24 Å². The minimum atomic E-state index is -0.639. The average molecular weight is 340 g/mol. The number of nitrogens with one attached hydrogen (secondary N) is 1. The summed E-state index contributed by atoms with van der Waals surface area (Å²) >= 11 is 6.71. The third-order valence-electron chi connectivity index (χ3n) is 1.39. The highest BCUT2D eigenvalue weighted by Gasteiger charge is 1.97. The summed E-state index contributed by atoms with van der Waals surface area (Å²) in [5.41, 5.74) is 6.19. The molecule has 3 N–H and O–H groups in total. The summed E-state index contributed by atoms with van der Waals surface area (Å²) < 4.78 is 0. The number of carbonyl (C=O) groups is 2. The maximum atomic E-state index is 10.5. The molecule has 1 aromatic rings. The van der Waals surface area contributed by atoms with E-state index in [1.54, 1.807) is 0 Å². The highest BCUT2D eigenvalue weighted by molar-refractivity contribution is 7.97. The van der Waals surface area contributed by atoms with Crippen molar-refractivity contribution in [3.63, 3.8) is 0 Å². The Kier molecular flexibility index (Phi) is 17.5. The average Bonchev–Trinajstić information content (AvgIpc) is 2.19. The molecule has 5 nitrogen and oxygen atoms in total. The number of nitrogens with zero attached hydrogens (tertiary/aromatic N) is 1. The van der Waals surface area contributed by atoms with E-state index in [0.717, 1.165) is 11.3 Å². The molecule has 8 heteroatoms. The van der Waals surface area contributed by atoms with Gasteiger partial charge in [-0.3, -0.25) is 9.59 Å². The van der Waals surface area contributed by atoms with Crippen molar-refractivity contribution in [2.24, 2.45) is 5.73 Å². The van der Waals surface area contributed by atoms with E-state index in [2.05, 4.69) is 36.3 Å². The van der Waals surface area contributed by atoms with Gasteiger partial charge in [0.25, 0.3) is 10.5 Å². The highest BCUT2D eigenvalue weighted by Crippen LogP contribution is 2.13. The first kappa shape index (κ1) is 24.1. The molecule has 0 spiro atoms. The molecule has 0 atom stereocenters. The molecule has 2 amide bonds. The van der Waals surface area contributed by atoms with Gasteiger partial charge < -0.3 is 16.0 Å². The van der Waals surface area contributed by atoms with Crippen molar-refractivity contribution in [1.82, 2.24) is 4.90 Å². The number of halogens is 1. The van der Waals surface area contributed by atoms with Gasteiger partial charge >= 0.3 is 0 Å². The number of nitrogens with two attached hydrogens (primary N) is 1. The first-order valence-corrected chi connectivity index (χ1v) is 6.21. The second kappa shape index (κ2) is 14.5. The standard InChI is InChI=1S/C8H9NOS.C3H9N.CH3NOS.ClH/c1-6-4-2-3-5-7(6)9-8(10)11;1-4(2)3;2-1(3)4;/h2-5H,1H3,(H2,9,10,11);1-3H3;(H3,2,3,4);1H. The van der Waals surface area contributed by atoms with Gasteiger partial charge in [-0.25, -0.2) is 0 Å². The number of amides is 2. The van der Waals surface area contributed by atoms with E-state index in [1.165, 1.54) is 0 Å². The number of thiol groups is 2. The number of primary amides is 1. The van der Waals surface area contributed by atoms with Crippen LogP contribution in [0.1, 0.15) is 5.56 Å². The second-order valence-electron chi connectivity index (χ2n) is 3.92. The highest BCUT2D eigenvalue weighted by atomic mass is 35.5. The van der Waals surface area contributed by atoms with E-state index in [1.807, 2.05) is 57.2 Å². The van der Waals surface area contributed by atoms with Crippen LogP contribution in [0, 0.1) is 6.92 Å². The zero-order valence-corrected chi connectivity index (χ0v) is 14.6. The van der Waals surface area contributed by atoms with Crippen molar-refractivity contribution in [3.05, 3.63) is 29.8 Å². The van der Waals surface area contributed by atoms with Crippen molar-refractivity contribution in [2.45, 2.75) is 6.92 Å². The van der Waals surface area contributed by atoms with Crippen LogP contribution in [-0.4, -0.2) is 36.5 Å². The zero-order valence-electron chi connectivity index (χ0n) is 12.0. The summed E-state index contributed by atoms with van der Waals surface area (Å²) in [6.45, 7) is 1.93. The van der Waals surface area contributed by atoms with Gasteiger partial charge in [0, 0.05) is 5.69 Å². The number of carbonyl (C=O) groups excluding carboxylic acids is 2. The summed E-state index contributed by atoms with van der Waals surface area (Å²) in [6, 6.07) is 7.55. The monoisotopic (exact) mass is 339 g/mol. The third-order valence-corrected chi connectivity index (χ3v) is 1.50. The number of rotatable bonds is 1. The van der Waals surface area contributed by atoms with Crippen LogP contribution in [0.2, 0.25) is 0 Å². The van der Waals surface area contributed by atoms with Crippen molar-refractivity contribution in [1.29, 1.82) is 0 Å². The van der Waals surface area contributed by atoms with Gasteiger partial charge in [-0.2, -0.15) is 0 Å². The van der Waals surface area contributed by atoms with E-state index in [9.17, 15) is 4.79 Å². The molecular formula is C12H22ClN3O2S2. The van der Waals surface area contributed by atoms with Crippen molar-refractivity contribution >= 4 is 53.8 Å². The number of para-hydroxylation sites is 1. The predicted molar refractivity (Wildman–Crippen MR) is 94.6 cm³/mol. The molecule has 0 radical (unpaired) electrons. The Morgan fingerprint density at radius 3 is 1.80 bits per heavy atom. The molecule has 0 bridgehead atoms. The molecule has 0 fully saturated rings. The predicted octanol–water partition coefficient (Wildman–Crippen LogP) is 3.05. The minimum absolute atomic E-state index is 0. The fourth-order valence-corrected chi connectivity index (χ4v) is 0.949. The van der Waals surface area contributed by atoms with Crippen molar-refractivity contribution < 1.29 is 9.59 Å². The molecular weight excluding hydrogens is 318 g/mol. The molecule has 0 aromatic heterocycles. The molecule has 116 valence electrons. The molecule has 20 heavy (non-hydrogen) atoms. The van der Waals surface area contributed by atoms with E-state index in [0.29, 0.717) is 0 Å². The van der Waals surface area contributed by atoms with Gasteiger partial charge in [0.05, 0.1) is 0 Å². The largest absolute Gasteiger partial charge is 0.361 e. The lowest BCUT2D eigenvalue weighted by Gasteiger charge is -2.03. The van der Waals surface area contributed by atoms with Crippen LogP contribution >= 0.6 is 37.7 Å². The van der Waals surface area contributed by atoms with Crippen LogP contribution in [-0.2, 0) is 0 Å². The lowest BCUT2D eigenvalue weighted by Crippen LogP contribution is -2.02. The number of benzene rings is 1. The van der Waals surface area contributed by atoms with Crippen LogP contribution in [0.25, 0.3) is 0 Å². The third kappa shape index (κ3) is 22.3. The lowest BCUT2D eigenvalue weighted by atomic mass is 10.2. The van der Waals surface area contributed by atoms with Crippen LogP contribution < -0.4 is 11.1 Å². The molecule has 0 aliphatic rings. The molecule has 0 aliphatic carbocycles. The molecule has 0 unspecified atom stereocenters. The summed E-state index contributed by atoms with van der Waals surface area (Å²) in [7, 11) is 6.00. The molecule has 0 aliphatic heterocycles. The zero-order chi connectivity index (χ0) is 15.4. The normalized spacial score (nSPS) is 8.15. The van der Waals surface area contributed by atoms with Crippen LogP contribution in [0.15, 0.2) is 24.3 Å². The molecule has 0 saturated carbocycles. The van der Waals surface area contributed by atoms with E-state index in [-0.39, 0.29) is 17.6 Å². The minimum Gasteiger partial charge on any atom is -0.361 e. The summed E-state index contributed by atoms with van der Waals surface area (Å²) in [4.78, 5) is 21.6. The Morgan fingerprint density at radius 1 is 1.15 bits per heavy atom. The van der Waals surface area contributed by atoms with Crippen LogP contribution in [0.5, 0.6) is 0 Å². The Balaban J connectivity index is -0.000000272. The Bertz CT molecular complexity index is 397. The van der Waals surface area contributed by atoms with Crippen LogP contribution in [0.4, 0.5) is 15.3 Å². The van der Waals surface area contributed by atoms with E-state index in [4.69, 9.17) is 4.79 Å². The first-order chi connectivity index (χ1) is 8.66. The maximum absolute atomic E-state index is 10.5. The Labute approximate surface area is 137 Å². The fraction of sp³-hybridized carbons (Fsp3) is 0.333. The molecule has 0 saturated heterocycles. The smallest absolute Gasteiger partial charge is 0.280 e. The molecule has 1 aromatic carbocycles. The van der Waals surface area contributed by atoms with Gasteiger partial charge in [-0.1, -0.05) is 43.5 Å². The molecule has 1 rings (SSSR count). The lowest BCUT2D eigenvalue weighted by molar-refractivity contribution is 0.267. The number of hydrogen-bond donors (Lipinski definition) is 4.